The van der Waals surface area contributed by atoms with Crippen molar-refractivity contribution in [3.63, 3.8) is 0 Å². The van der Waals surface area contributed by atoms with Crippen LogP contribution in [0.1, 0.15) is 18.1 Å². The number of anilines is 1. The lowest BCUT2D eigenvalue weighted by Crippen LogP contribution is -2.12. The Morgan fingerprint density at radius 1 is 1.33 bits per heavy atom. The Morgan fingerprint density at radius 2 is 2.06 bits per heavy atom. The summed E-state index contributed by atoms with van der Waals surface area (Å²) >= 11 is 3.24. The van der Waals surface area contributed by atoms with Crippen LogP contribution in [0, 0.1) is 0 Å². The topological polar surface area (TPSA) is 57.8 Å². The largest absolute Gasteiger partial charge is 0.379 e. The fraction of sp³-hybridized carbons (Fsp3) is 0.231. The monoisotopic (exact) mass is 307 g/mol. The van der Waals surface area contributed by atoms with Crippen molar-refractivity contribution in [2.45, 2.75) is 19.9 Å². The van der Waals surface area contributed by atoms with E-state index >= 15 is 0 Å². The third-order valence-corrected chi connectivity index (χ3v) is 3.55. The van der Waals surface area contributed by atoms with Crippen molar-refractivity contribution in [1.29, 1.82) is 0 Å². The minimum atomic E-state index is -0.233. The van der Waals surface area contributed by atoms with Gasteiger partial charge in [0.1, 0.15) is 4.47 Å². The summed E-state index contributed by atoms with van der Waals surface area (Å²) < 4.78 is 0.478. The van der Waals surface area contributed by atoms with E-state index in [1.165, 1.54) is 11.1 Å². The number of nitrogens with one attached hydrogen (secondary N) is 2. The van der Waals surface area contributed by atoms with Crippen molar-refractivity contribution in [2.24, 2.45) is 0 Å². The van der Waals surface area contributed by atoms with E-state index < -0.39 is 0 Å². The average Bonchev–Trinajstić information content (AvgIpc) is 2.41. The molecule has 94 valence electrons. The van der Waals surface area contributed by atoms with Crippen molar-refractivity contribution in [3.8, 4) is 0 Å². The van der Waals surface area contributed by atoms with Crippen molar-refractivity contribution in [3.05, 3.63) is 56.4 Å². The predicted octanol–water partition coefficient (Wildman–Crippen LogP) is 2.71. The van der Waals surface area contributed by atoms with Gasteiger partial charge < -0.3 is 5.32 Å². The molecule has 2 rings (SSSR count). The van der Waals surface area contributed by atoms with E-state index in [1.807, 2.05) is 12.1 Å². The fourth-order valence-corrected chi connectivity index (χ4v) is 2.10. The number of benzene rings is 1. The number of nitrogens with zero attached hydrogens (tertiary/aromatic N) is 1. The fourth-order valence-electron chi connectivity index (χ4n) is 1.77. The molecule has 0 atom stereocenters. The first kappa shape index (κ1) is 12.8. The Morgan fingerprint density at radius 3 is 2.78 bits per heavy atom. The number of rotatable bonds is 4. The van der Waals surface area contributed by atoms with Gasteiger partial charge in [0.05, 0.1) is 11.9 Å². The van der Waals surface area contributed by atoms with Gasteiger partial charge in [-0.25, -0.2) is 5.10 Å². The number of aryl methyl sites for hydroxylation is 1. The second-order valence-electron chi connectivity index (χ2n) is 3.90. The molecule has 0 radical (unpaired) electrons. The number of hydrogen-bond acceptors (Lipinski definition) is 3. The van der Waals surface area contributed by atoms with Crippen molar-refractivity contribution < 1.29 is 0 Å². The lowest BCUT2D eigenvalue weighted by Gasteiger charge is -2.10. The number of aromatic nitrogens is 2. The van der Waals surface area contributed by atoms with Gasteiger partial charge in [-0.05, 0) is 33.5 Å². The molecule has 2 N–H and O–H groups in total. The molecule has 1 aromatic carbocycles. The van der Waals surface area contributed by atoms with Crippen LogP contribution in [0.5, 0.6) is 0 Å². The van der Waals surface area contributed by atoms with Crippen molar-refractivity contribution in [1.82, 2.24) is 10.2 Å². The first-order valence-electron chi connectivity index (χ1n) is 5.76. The van der Waals surface area contributed by atoms with Gasteiger partial charge in [-0.1, -0.05) is 31.2 Å². The van der Waals surface area contributed by atoms with E-state index in [0.717, 1.165) is 6.42 Å². The second kappa shape index (κ2) is 5.82. The van der Waals surface area contributed by atoms with Gasteiger partial charge in [-0.3, -0.25) is 4.79 Å². The summed E-state index contributed by atoms with van der Waals surface area (Å²) in [5, 5.41) is 9.35. The zero-order valence-corrected chi connectivity index (χ0v) is 11.6. The molecule has 0 saturated heterocycles. The molecule has 0 bridgehead atoms. The average molecular weight is 308 g/mol. The molecule has 0 amide bonds. The Labute approximate surface area is 114 Å². The molecular weight excluding hydrogens is 294 g/mol. The summed E-state index contributed by atoms with van der Waals surface area (Å²) in [5.41, 5.74) is 3.00. The third-order valence-electron chi connectivity index (χ3n) is 2.76. The van der Waals surface area contributed by atoms with Crippen LogP contribution < -0.4 is 10.9 Å². The van der Waals surface area contributed by atoms with Crippen LogP contribution in [0.3, 0.4) is 0 Å². The zero-order chi connectivity index (χ0) is 13.0. The van der Waals surface area contributed by atoms with Gasteiger partial charge in [0, 0.05) is 6.54 Å². The SMILES string of the molecule is CCc1ccccc1CNc1cn[nH]c(=O)c1Br. The van der Waals surface area contributed by atoms with Gasteiger partial charge >= 0.3 is 0 Å². The molecule has 1 heterocycles. The molecule has 0 aliphatic carbocycles. The maximum Gasteiger partial charge on any atom is 0.280 e. The molecule has 4 nitrogen and oxygen atoms in total. The smallest absolute Gasteiger partial charge is 0.280 e. The Hall–Kier alpha value is -1.62. The predicted molar refractivity (Wildman–Crippen MR) is 75.7 cm³/mol. The highest BCUT2D eigenvalue weighted by molar-refractivity contribution is 9.10. The van der Waals surface area contributed by atoms with Crippen LogP contribution in [-0.2, 0) is 13.0 Å². The molecule has 0 saturated carbocycles. The van der Waals surface area contributed by atoms with Gasteiger partial charge in [0.15, 0.2) is 0 Å². The minimum Gasteiger partial charge on any atom is -0.379 e. The number of halogens is 1. The molecule has 5 heteroatoms. The second-order valence-corrected chi connectivity index (χ2v) is 4.70. The summed E-state index contributed by atoms with van der Waals surface area (Å²) in [6.45, 7) is 2.80. The van der Waals surface area contributed by atoms with Crippen LogP contribution in [0.4, 0.5) is 5.69 Å². The Kier molecular flexibility index (Phi) is 4.15. The first-order valence-corrected chi connectivity index (χ1v) is 6.55. The minimum absolute atomic E-state index is 0.233. The highest BCUT2D eigenvalue weighted by Gasteiger charge is 2.05. The van der Waals surface area contributed by atoms with E-state index in [2.05, 4.69) is 50.5 Å². The van der Waals surface area contributed by atoms with Gasteiger partial charge in [-0.2, -0.15) is 5.10 Å². The number of H-pyrrole nitrogens is 1. The summed E-state index contributed by atoms with van der Waals surface area (Å²) in [5.74, 6) is 0. The van der Waals surface area contributed by atoms with E-state index in [-0.39, 0.29) is 5.56 Å². The molecule has 2 aromatic rings. The van der Waals surface area contributed by atoms with Gasteiger partial charge in [-0.15, -0.1) is 0 Å². The molecule has 0 aliphatic rings. The lowest BCUT2D eigenvalue weighted by atomic mass is 10.1. The summed E-state index contributed by atoms with van der Waals surface area (Å²) in [4.78, 5) is 11.4. The number of hydrogen-bond donors (Lipinski definition) is 2. The number of aromatic amines is 1. The van der Waals surface area contributed by atoms with E-state index in [4.69, 9.17) is 0 Å². The molecule has 18 heavy (non-hydrogen) atoms. The van der Waals surface area contributed by atoms with E-state index in [0.29, 0.717) is 16.7 Å². The molecule has 0 aliphatic heterocycles. The van der Waals surface area contributed by atoms with Crippen molar-refractivity contribution in [2.75, 3.05) is 5.32 Å². The Balaban J connectivity index is 2.16. The third kappa shape index (κ3) is 2.79. The van der Waals surface area contributed by atoms with Crippen LogP contribution in [-0.4, -0.2) is 10.2 Å². The summed E-state index contributed by atoms with van der Waals surface area (Å²) in [6.07, 6.45) is 2.59. The normalized spacial score (nSPS) is 10.3. The maximum absolute atomic E-state index is 11.4. The van der Waals surface area contributed by atoms with Gasteiger partial charge in [0.2, 0.25) is 0 Å². The molecule has 0 unspecified atom stereocenters. The molecular formula is C13H14BrN3O. The van der Waals surface area contributed by atoms with Crippen molar-refractivity contribution >= 4 is 21.6 Å². The van der Waals surface area contributed by atoms with Crippen LogP contribution in [0.2, 0.25) is 0 Å². The van der Waals surface area contributed by atoms with E-state index in [1.54, 1.807) is 6.20 Å². The quantitative estimate of drug-likeness (QED) is 0.913. The zero-order valence-electron chi connectivity index (χ0n) is 10.0. The lowest BCUT2D eigenvalue weighted by molar-refractivity contribution is 0.967. The van der Waals surface area contributed by atoms with Gasteiger partial charge in [0.25, 0.3) is 5.56 Å². The highest BCUT2D eigenvalue weighted by atomic mass is 79.9. The van der Waals surface area contributed by atoms with Crippen LogP contribution in [0.15, 0.2) is 39.7 Å². The maximum atomic E-state index is 11.4. The standard InChI is InChI=1S/C13H14BrN3O/c1-2-9-5-3-4-6-10(9)7-15-11-8-16-17-13(18)12(11)14/h3-6,8H,2,7H2,1H3,(H2,15,17,18). The molecule has 1 aromatic heterocycles. The Bertz CT molecular complexity index is 595. The first-order chi connectivity index (χ1) is 8.72. The van der Waals surface area contributed by atoms with Crippen LogP contribution in [0.25, 0.3) is 0 Å². The molecule has 0 spiro atoms. The van der Waals surface area contributed by atoms with E-state index in [9.17, 15) is 4.79 Å². The summed E-state index contributed by atoms with van der Waals surface area (Å²) in [6, 6.07) is 8.25. The van der Waals surface area contributed by atoms with Crippen LogP contribution >= 0.6 is 15.9 Å². The molecule has 0 fully saturated rings. The summed E-state index contributed by atoms with van der Waals surface area (Å²) in [7, 11) is 0. The highest BCUT2D eigenvalue weighted by Crippen LogP contribution is 2.17.